The first-order valence-electron chi connectivity index (χ1n) is 8.60. The van der Waals surface area contributed by atoms with Crippen molar-refractivity contribution in [1.82, 2.24) is 24.9 Å². The van der Waals surface area contributed by atoms with Gasteiger partial charge in [-0.3, -0.25) is 14.3 Å². The molecule has 28 heavy (non-hydrogen) atoms. The Morgan fingerprint density at radius 3 is 2.82 bits per heavy atom. The number of hydrogen-bond donors (Lipinski definition) is 1. The zero-order valence-electron chi connectivity index (χ0n) is 15.0. The first-order valence-corrected chi connectivity index (χ1v) is 9.48. The third kappa shape index (κ3) is 3.65. The van der Waals surface area contributed by atoms with Crippen LogP contribution in [0, 0.1) is 0 Å². The van der Waals surface area contributed by atoms with Gasteiger partial charge < -0.3 is 9.73 Å². The van der Waals surface area contributed by atoms with Crippen LogP contribution in [0.4, 0.5) is 0 Å². The Hall–Kier alpha value is -3.46. The molecule has 1 amide bonds. The van der Waals surface area contributed by atoms with Gasteiger partial charge in [-0.05, 0) is 35.7 Å². The third-order valence-electron chi connectivity index (χ3n) is 4.14. The van der Waals surface area contributed by atoms with Crippen LogP contribution in [0.2, 0.25) is 0 Å². The summed E-state index contributed by atoms with van der Waals surface area (Å²) in [5.41, 5.74) is 1.52. The number of carbonyl (C=O) groups excluding carboxylic acids is 1. The smallest absolute Gasteiger partial charge is 0.269 e. The van der Waals surface area contributed by atoms with Crippen molar-refractivity contribution in [3.8, 4) is 22.0 Å². The molecule has 4 aromatic rings. The van der Waals surface area contributed by atoms with Crippen molar-refractivity contribution in [2.75, 3.05) is 6.54 Å². The lowest BCUT2D eigenvalue weighted by molar-refractivity contribution is 0.0942. The molecule has 4 aromatic heterocycles. The molecular formula is C19H17N5O3S. The van der Waals surface area contributed by atoms with Crippen molar-refractivity contribution in [3.63, 3.8) is 0 Å². The number of nitrogens with one attached hydrogen (secondary N) is 1. The number of rotatable bonds is 6. The topological polar surface area (TPSA) is 95.0 Å². The van der Waals surface area contributed by atoms with Crippen LogP contribution in [-0.4, -0.2) is 32.0 Å². The Morgan fingerprint density at radius 2 is 2.07 bits per heavy atom. The molecule has 0 atom stereocenters. The number of furan rings is 1. The van der Waals surface area contributed by atoms with E-state index in [1.807, 2.05) is 17.5 Å². The molecule has 0 aromatic carbocycles. The molecular weight excluding hydrogens is 378 g/mol. The van der Waals surface area contributed by atoms with E-state index < -0.39 is 0 Å². The maximum absolute atomic E-state index is 12.5. The van der Waals surface area contributed by atoms with Crippen LogP contribution in [0.1, 0.15) is 10.5 Å². The van der Waals surface area contributed by atoms with E-state index in [2.05, 4.69) is 15.5 Å². The van der Waals surface area contributed by atoms with Crippen LogP contribution < -0.4 is 10.9 Å². The van der Waals surface area contributed by atoms with Gasteiger partial charge in [0.2, 0.25) is 0 Å². The highest BCUT2D eigenvalue weighted by molar-refractivity contribution is 7.13. The molecule has 4 rings (SSSR count). The van der Waals surface area contributed by atoms with E-state index in [4.69, 9.17) is 4.42 Å². The van der Waals surface area contributed by atoms with Gasteiger partial charge in [-0.1, -0.05) is 6.07 Å². The molecule has 0 fully saturated rings. The van der Waals surface area contributed by atoms with E-state index >= 15 is 0 Å². The summed E-state index contributed by atoms with van der Waals surface area (Å²) in [6.45, 7) is 0.502. The monoisotopic (exact) mass is 395 g/mol. The number of aromatic nitrogens is 4. The Balaban J connectivity index is 1.42. The summed E-state index contributed by atoms with van der Waals surface area (Å²) in [6.07, 6.45) is 1.55. The molecule has 0 spiro atoms. The van der Waals surface area contributed by atoms with Crippen molar-refractivity contribution in [3.05, 3.63) is 70.2 Å². The highest BCUT2D eigenvalue weighted by Crippen LogP contribution is 2.23. The Bertz CT molecular complexity index is 1140. The van der Waals surface area contributed by atoms with E-state index in [-0.39, 0.29) is 24.6 Å². The third-order valence-corrected chi connectivity index (χ3v) is 5.03. The highest BCUT2D eigenvalue weighted by atomic mass is 32.1. The average molecular weight is 395 g/mol. The maximum Gasteiger partial charge on any atom is 0.269 e. The van der Waals surface area contributed by atoms with E-state index in [0.717, 1.165) is 10.6 Å². The van der Waals surface area contributed by atoms with Crippen LogP contribution in [0.15, 0.2) is 63.3 Å². The molecule has 8 nitrogen and oxygen atoms in total. The summed E-state index contributed by atoms with van der Waals surface area (Å²) in [6, 6.07) is 12.2. The summed E-state index contributed by atoms with van der Waals surface area (Å²) >= 11 is 1.57. The number of aryl methyl sites for hydroxylation is 1. The second kappa shape index (κ2) is 7.65. The fourth-order valence-electron chi connectivity index (χ4n) is 2.76. The molecule has 0 bridgehead atoms. The van der Waals surface area contributed by atoms with Gasteiger partial charge >= 0.3 is 0 Å². The van der Waals surface area contributed by atoms with Gasteiger partial charge in [-0.15, -0.1) is 11.3 Å². The summed E-state index contributed by atoms with van der Waals surface area (Å²) in [5, 5.41) is 13.4. The van der Waals surface area contributed by atoms with Crippen molar-refractivity contribution >= 4 is 17.2 Å². The molecule has 0 unspecified atom stereocenters. The van der Waals surface area contributed by atoms with Crippen LogP contribution >= 0.6 is 11.3 Å². The first-order chi connectivity index (χ1) is 13.6. The number of nitrogens with zero attached hydrogens (tertiary/aromatic N) is 4. The summed E-state index contributed by atoms with van der Waals surface area (Å²) < 4.78 is 8.16. The molecule has 0 saturated heterocycles. The van der Waals surface area contributed by atoms with Gasteiger partial charge in [0, 0.05) is 19.7 Å². The quantitative estimate of drug-likeness (QED) is 0.541. The average Bonchev–Trinajstić information content (AvgIpc) is 3.44. The maximum atomic E-state index is 12.5. The number of thiophene rings is 1. The fraction of sp³-hybridized carbons (Fsp3) is 0.158. The lowest BCUT2D eigenvalue weighted by Crippen LogP contribution is -2.32. The summed E-state index contributed by atoms with van der Waals surface area (Å²) in [7, 11) is 1.73. The largest absolute Gasteiger partial charge is 0.463 e. The minimum absolute atomic E-state index is 0.245. The van der Waals surface area contributed by atoms with Crippen molar-refractivity contribution in [2.45, 2.75) is 6.54 Å². The summed E-state index contributed by atoms with van der Waals surface area (Å²) in [5.74, 6) is 0.321. The standard InChI is InChI=1S/C19H17N5O3S/c1-23-15(12-14(21-23)17-5-3-11-28-17)19(26)20-8-9-24-18(25)7-6-13(22-24)16-4-2-10-27-16/h2-7,10-12H,8-9H2,1H3,(H,20,26). The predicted octanol–water partition coefficient (Wildman–Crippen LogP) is 2.40. The highest BCUT2D eigenvalue weighted by Gasteiger charge is 2.14. The zero-order chi connectivity index (χ0) is 19.5. The van der Waals surface area contributed by atoms with Gasteiger partial charge in [0.15, 0.2) is 5.76 Å². The predicted molar refractivity (Wildman–Crippen MR) is 105 cm³/mol. The van der Waals surface area contributed by atoms with Crippen LogP contribution in [-0.2, 0) is 13.6 Å². The molecule has 1 N–H and O–H groups in total. The first kappa shape index (κ1) is 17.9. The van der Waals surface area contributed by atoms with Crippen LogP contribution in [0.5, 0.6) is 0 Å². The van der Waals surface area contributed by atoms with E-state index in [0.29, 0.717) is 17.1 Å². The lowest BCUT2D eigenvalue weighted by Gasteiger charge is -2.07. The van der Waals surface area contributed by atoms with E-state index in [1.165, 1.54) is 10.7 Å². The van der Waals surface area contributed by atoms with Gasteiger partial charge in [-0.2, -0.15) is 10.2 Å². The molecule has 0 saturated carbocycles. The minimum atomic E-state index is -0.256. The van der Waals surface area contributed by atoms with E-state index in [9.17, 15) is 9.59 Å². The molecule has 142 valence electrons. The fourth-order valence-corrected chi connectivity index (χ4v) is 3.44. The lowest BCUT2D eigenvalue weighted by atomic mass is 10.3. The van der Waals surface area contributed by atoms with Crippen LogP contribution in [0.3, 0.4) is 0 Å². The van der Waals surface area contributed by atoms with Gasteiger partial charge in [0.25, 0.3) is 11.5 Å². The minimum Gasteiger partial charge on any atom is -0.463 e. The van der Waals surface area contributed by atoms with Gasteiger partial charge in [0.1, 0.15) is 17.1 Å². The molecule has 0 aliphatic carbocycles. The second-order valence-electron chi connectivity index (χ2n) is 6.03. The van der Waals surface area contributed by atoms with Crippen molar-refractivity contribution in [1.29, 1.82) is 0 Å². The molecule has 0 aliphatic heterocycles. The van der Waals surface area contributed by atoms with Gasteiger partial charge in [-0.25, -0.2) is 4.68 Å². The SMILES string of the molecule is Cn1nc(-c2cccs2)cc1C(=O)NCCn1nc(-c2ccco2)ccc1=O. The van der Waals surface area contributed by atoms with Crippen molar-refractivity contribution < 1.29 is 9.21 Å². The Morgan fingerprint density at radius 1 is 1.18 bits per heavy atom. The Kier molecular flexibility index (Phi) is 4.90. The molecule has 4 heterocycles. The van der Waals surface area contributed by atoms with E-state index in [1.54, 1.807) is 53.6 Å². The number of amides is 1. The number of carbonyl (C=O) groups is 1. The van der Waals surface area contributed by atoms with Gasteiger partial charge in [0.05, 0.1) is 17.7 Å². The zero-order valence-corrected chi connectivity index (χ0v) is 15.8. The van der Waals surface area contributed by atoms with Crippen LogP contribution in [0.25, 0.3) is 22.0 Å². The normalized spacial score (nSPS) is 10.9. The molecule has 0 radical (unpaired) electrons. The Labute approximate surface area is 164 Å². The molecule has 9 heteroatoms. The van der Waals surface area contributed by atoms with Crippen molar-refractivity contribution in [2.24, 2.45) is 7.05 Å². The second-order valence-corrected chi connectivity index (χ2v) is 6.98. The summed E-state index contributed by atoms with van der Waals surface area (Å²) in [4.78, 5) is 25.5. The number of hydrogen-bond acceptors (Lipinski definition) is 6. The molecule has 0 aliphatic rings.